The predicted molar refractivity (Wildman–Crippen MR) is 75.6 cm³/mol. The van der Waals surface area contributed by atoms with E-state index in [1.165, 1.54) is 24.8 Å². The lowest BCUT2D eigenvalue weighted by atomic mass is 9.96. The van der Waals surface area contributed by atoms with Crippen LogP contribution in [0, 0.1) is 6.92 Å². The van der Waals surface area contributed by atoms with E-state index in [4.69, 9.17) is 0 Å². The molecule has 1 fully saturated rings. The lowest BCUT2D eigenvalue weighted by Crippen LogP contribution is -2.45. The van der Waals surface area contributed by atoms with E-state index in [9.17, 15) is 5.11 Å². The summed E-state index contributed by atoms with van der Waals surface area (Å²) in [5, 5.41) is 10.4. The van der Waals surface area contributed by atoms with Crippen molar-refractivity contribution in [1.29, 1.82) is 0 Å². The Morgan fingerprint density at radius 3 is 2.28 bits per heavy atom. The van der Waals surface area contributed by atoms with Crippen LogP contribution in [0.4, 0.5) is 0 Å². The molecular weight excluding hydrogens is 222 g/mol. The highest BCUT2D eigenvalue weighted by molar-refractivity contribution is 5.23. The van der Waals surface area contributed by atoms with Gasteiger partial charge in [-0.2, -0.15) is 0 Å². The molecule has 0 saturated carbocycles. The molecular formula is C16H25NO. The van der Waals surface area contributed by atoms with Crippen LogP contribution in [0.25, 0.3) is 0 Å². The highest BCUT2D eigenvalue weighted by Crippen LogP contribution is 2.25. The van der Waals surface area contributed by atoms with Gasteiger partial charge in [0.1, 0.15) is 0 Å². The van der Waals surface area contributed by atoms with Gasteiger partial charge in [0.05, 0.1) is 6.10 Å². The van der Waals surface area contributed by atoms with E-state index >= 15 is 0 Å². The lowest BCUT2D eigenvalue weighted by Gasteiger charge is -2.40. The van der Waals surface area contributed by atoms with E-state index in [0.29, 0.717) is 12.1 Å². The Balaban J connectivity index is 2.01. The van der Waals surface area contributed by atoms with E-state index < -0.39 is 0 Å². The van der Waals surface area contributed by atoms with Crippen molar-refractivity contribution in [2.75, 3.05) is 6.54 Å². The van der Waals surface area contributed by atoms with Crippen LogP contribution in [0.15, 0.2) is 24.3 Å². The van der Waals surface area contributed by atoms with Gasteiger partial charge in [-0.25, -0.2) is 0 Å². The van der Waals surface area contributed by atoms with E-state index in [0.717, 1.165) is 12.1 Å². The molecule has 1 unspecified atom stereocenters. The molecule has 0 aliphatic carbocycles. The SMILES string of the molecule is Cc1ccc(C(O)CN2[C@H](C)CCC[C@@H]2C)cc1. The molecule has 0 bridgehead atoms. The summed E-state index contributed by atoms with van der Waals surface area (Å²) in [5.74, 6) is 0. The monoisotopic (exact) mass is 247 g/mol. The molecule has 1 N–H and O–H groups in total. The fraction of sp³-hybridized carbons (Fsp3) is 0.625. The molecule has 3 atom stereocenters. The maximum Gasteiger partial charge on any atom is 0.0917 e. The molecule has 1 heterocycles. The molecule has 1 aliphatic heterocycles. The Kier molecular flexibility index (Phi) is 4.41. The van der Waals surface area contributed by atoms with Crippen LogP contribution >= 0.6 is 0 Å². The summed E-state index contributed by atoms with van der Waals surface area (Å²) in [6.07, 6.45) is 3.46. The predicted octanol–water partition coefficient (Wildman–Crippen LogP) is 3.29. The van der Waals surface area contributed by atoms with Gasteiger partial charge in [-0.3, -0.25) is 4.90 Å². The lowest BCUT2D eigenvalue weighted by molar-refractivity contribution is 0.0412. The summed E-state index contributed by atoms with van der Waals surface area (Å²) in [7, 11) is 0. The fourth-order valence-electron chi connectivity index (χ4n) is 2.93. The van der Waals surface area contributed by atoms with Crippen molar-refractivity contribution >= 4 is 0 Å². The van der Waals surface area contributed by atoms with Crippen LogP contribution in [0.1, 0.15) is 50.3 Å². The van der Waals surface area contributed by atoms with Gasteiger partial charge < -0.3 is 5.11 Å². The van der Waals surface area contributed by atoms with Gasteiger partial charge in [0.15, 0.2) is 0 Å². The average Bonchev–Trinajstić information content (AvgIpc) is 2.34. The van der Waals surface area contributed by atoms with Gasteiger partial charge >= 0.3 is 0 Å². The number of hydrogen-bond donors (Lipinski definition) is 1. The van der Waals surface area contributed by atoms with Gasteiger partial charge in [-0.1, -0.05) is 36.2 Å². The van der Waals surface area contributed by atoms with E-state index in [1.807, 2.05) is 12.1 Å². The number of aliphatic hydroxyl groups is 1. The van der Waals surface area contributed by atoms with Crippen LogP contribution in [-0.2, 0) is 0 Å². The molecule has 0 amide bonds. The minimum Gasteiger partial charge on any atom is -0.387 e. The molecule has 0 aromatic heterocycles. The number of aliphatic hydroxyl groups excluding tert-OH is 1. The maximum atomic E-state index is 10.4. The van der Waals surface area contributed by atoms with Crippen LogP contribution in [0.5, 0.6) is 0 Å². The second-order valence-electron chi connectivity index (χ2n) is 5.75. The highest BCUT2D eigenvalue weighted by Gasteiger charge is 2.26. The number of nitrogens with zero attached hydrogens (tertiary/aromatic N) is 1. The first kappa shape index (κ1) is 13.6. The van der Waals surface area contributed by atoms with E-state index in [-0.39, 0.29) is 6.10 Å². The summed E-state index contributed by atoms with van der Waals surface area (Å²) >= 11 is 0. The molecule has 0 radical (unpaired) electrons. The molecule has 2 heteroatoms. The van der Waals surface area contributed by atoms with Crippen molar-refractivity contribution < 1.29 is 5.11 Å². The third-order valence-corrected chi connectivity index (χ3v) is 4.22. The number of likely N-dealkylation sites (tertiary alicyclic amines) is 1. The fourth-order valence-corrected chi connectivity index (χ4v) is 2.93. The van der Waals surface area contributed by atoms with Gasteiger partial charge in [0.25, 0.3) is 0 Å². The van der Waals surface area contributed by atoms with Crippen molar-refractivity contribution in [2.45, 2.75) is 58.2 Å². The van der Waals surface area contributed by atoms with Gasteiger partial charge in [0, 0.05) is 18.6 Å². The Labute approximate surface area is 111 Å². The van der Waals surface area contributed by atoms with Gasteiger partial charge in [-0.15, -0.1) is 0 Å². The van der Waals surface area contributed by atoms with Gasteiger partial charge in [0.2, 0.25) is 0 Å². The van der Waals surface area contributed by atoms with E-state index in [1.54, 1.807) is 0 Å². The Bertz CT molecular complexity index is 363. The minimum atomic E-state index is -0.367. The summed E-state index contributed by atoms with van der Waals surface area (Å²) in [6, 6.07) is 9.41. The largest absolute Gasteiger partial charge is 0.387 e. The van der Waals surface area contributed by atoms with Crippen molar-refractivity contribution in [1.82, 2.24) is 4.90 Å². The number of hydrogen-bond acceptors (Lipinski definition) is 2. The summed E-state index contributed by atoms with van der Waals surface area (Å²) < 4.78 is 0. The molecule has 100 valence electrons. The van der Waals surface area contributed by atoms with Crippen LogP contribution < -0.4 is 0 Å². The Hall–Kier alpha value is -0.860. The summed E-state index contributed by atoms with van der Waals surface area (Å²) in [5.41, 5.74) is 2.27. The van der Waals surface area contributed by atoms with Gasteiger partial charge in [-0.05, 0) is 39.2 Å². The first-order valence-corrected chi connectivity index (χ1v) is 7.08. The minimum absolute atomic E-state index is 0.367. The van der Waals surface area contributed by atoms with Crippen LogP contribution in [0.3, 0.4) is 0 Å². The van der Waals surface area contributed by atoms with Crippen LogP contribution in [-0.4, -0.2) is 28.6 Å². The first-order valence-electron chi connectivity index (χ1n) is 7.08. The zero-order valence-electron chi connectivity index (χ0n) is 11.8. The molecule has 18 heavy (non-hydrogen) atoms. The highest BCUT2D eigenvalue weighted by atomic mass is 16.3. The number of piperidine rings is 1. The van der Waals surface area contributed by atoms with Crippen molar-refractivity contribution in [2.24, 2.45) is 0 Å². The zero-order chi connectivity index (χ0) is 13.1. The molecule has 2 rings (SSSR count). The normalized spacial score (nSPS) is 27.1. The molecule has 1 aromatic rings. The van der Waals surface area contributed by atoms with Crippen molar-refractivity contribution in [3.8, 4) is 0 Å². The number of benzene rings is 1. The number of β-amino-alcohol motifs (C(OH)–C–C–N with tert-alkyl or cyclic N) is 1. The summed E-state index contributed by atoms with van der Waals surface area (Å²) in [4.78, 5) is 2.45. The molecule has 1 aliphatic rings. The van der Waals surface area contributed by atoms with Crippen molar-refractivity contribution in [3.05, 3.63) is 35.4 Å². The first-order chi connectivity index (χ1) is 8.58. The number of aryl methyl sites for hydroxylation is 1. The second kappa shape index (κ2) is 5.85. The van der Waals surface area contributed by atoms with Crippen molar-refractivity contribution in [3.63, 3.8) is 0 Å². The molecule has 1 saturated heterocycles. The third-order valence-electron chi connectivity index (χ3n) is 4.22. The zero-order valence-corrected chi connectivity index (χ0v) is 11.8. The molecule has 0 spiro atoms. The quantitative estimate of drug-likeness (QED) is 0.886. The standard InChI is InChI=1S/C16H25NO/c1-12-7-9-15(10-8-12)16(18)11-17-13(2)5-4-6-14(17)3/h7-10,13-14,16,18H,4-6,11H2,1-3H3/t13-,14+,16?. The third kappa shape index (κ3) is 3.12. The second-order valence-corrected chi connectivity index (χ2v) is 5.75. The maximum absolute atomic E-state index is 10.4. The molecule has 2 nitrogen and oxygen atoms in total. The van der Waals surface area contributed by atoms with Crippen LogP contribution in [0.2, 0.25) is 0 Å². The number of rotatable bonds is 3. The Morgan fingerprint density at radius 2 is 1.72 bits per heavy atom. The Morgan fingerprint density at radius 1 is 1.17 bits per heavy atom. The topological polar surface area (TPSA) is 23.5 Å². The summed E-state index contributed by atoms with van der Waals surface area (Å²) in [6.45, 7) is 7.38. The van der Waals surface area contributed by atoms with E-state index in [2.05, 4.69) is 37.8 Å². The average molecular weight is 247 g/mol. The molecule has 1 aromatic carbocycles. The smallest absolute Gasteiger partial charge is 0.0917 e.